The Morgan fingerprint density at radius 3 is 2.13 bits per heavy atom. The molecule has 2 unspecified atom stereocenters. The van der Waals surface area contributed by atoms with Crippen LogP contribution in [0.5, 0.6) is 0 Å². The minimum absolute atomic E-state index is 0.00846. The zero-order valence-electron chi connectivity index (χ0n) is 29.1. The molecule has 4 aliphatic heterocycles. The molecular weight excluding hydrogens is 598 g/mol. The molecule has 6 rings (SSSR count). The van der Waals surface area contributed by atoms with Crippen molar-refractivity contribution in [2.45, 2.75) is 104 Å². The topological polar surface area (TPSA) is 120 Å². The Bertz CT molecular complexity index is 1220. The second-order valence-electron chi connectivity index (χ2n) is 16.5. The molecule has 5 atom stereocenters. The first-order chi connectivity index (χ1) is 22.4. The van der Waals surface area contributed by atoms with Crippen molar-refractivity contribution >= 4 is 29.5 Å². The first-order valence-corrected chi connectivity index (χ1v) is 18.4. The Morgan fingerprint density at radius 1 is 0.851 bits per heavy atom. The van der Waals surface area contributed by atoms with Gasteiger partial charge in [0, 0.05) is 77.2 Å². The van der Waals surface area contributed by atoms with Crippen molar-refractivity contribution in [1.29, 1.82) is 0 Å². The summed E-state index contributed by atoms with van der Waals surface area (Å²) in [6.45, 7) is 9.96. The van der Waals surface area contributed by atoms with Crippen LogP contribution in [-0.2, 0) is 28.7 Å². The fourth-order valence-electron chi connectivity index (χ4n) is 8.95. The first-order valence-electron chi connectivity index (χ1n) is 18.4. The normalized spacial score (nSPS) is 30.1. The van der Waals surface area contributed by atoms with Crippen molar-refractivity contribution in [2.75, 3.05) is 59.5 Å². The Kier molecular flexibility index (Phi) is 9.94. The molecule has 1 spiro atoms. The highest BCUT2D eigenvalue weighted by Crippen LogP contribution is 2.54. The lowest BCUT2D eigenvalue weighted by atomic mass is 9.70. The third-order valence-electron chi connectivity index (χ3n) is 12.4. The summed E-state index contributed by atoms with van der Waals surface area (Å²) in [7, 11) is 1.73. The van der Waals surface area contributed by atoms with E-state index < -0.39 is 23.5 Å². The molecule has 11 nitrogen and oxygen atoms in total. The second kappa shape index (κ2) is 13.7. The van der Waals surface area contributed by atoms with Gasteiger partial charge in [0.15, 0.2) is 0 Å². The molecule has 262 valence electrons. The molecule has 0 radical (unpaired) electrons. The molecule has 11 heteroatoms. The van der Waals surface area contributed by atoms with Gasteiger partial charge in [-0.05, 0) is 63.2 Å². The maximum absolute atomic E-state index is 14.4. The maximum atomic E-state index is 14.4. The summed E-state index contributed by atoms with van der Waals surface area (Å²) in [6.07, 6.45) is 10.2. The van der Waals surface area contributed by atoms with Crippen LogP contribution in [0, 0.1) is 34.5 Å². The fourth-order valence-corrected chi connectivity index (χ4v) is 8.95. The average Bonchev–Trinajstić information content (AvgIpc) is 3.51. The molecule has 0 bridgehead atoms. The van der Waals surface area contributed by atoms with Crippen LogP contribution in [0.25, 0.3) is 0 Å². The van der Waals surface area contributed by atoms with Crippen molar-refractivity contribution in [1.82, 2.24) is 24.9 Å². The van der Waals surface area contributed by atoms with Crippen LogP contribution < -0.4 is 5.32 Å². The Morgan fingerprint density at radius 2 is 1.49 bits per heavy atom. The van der Waals surface area contributed by atoms with Crippen molar-refractivity contribution < 1.29 is 28.7 Å². The number of nitrogens with zero attached hydrogens (tertiary/aromatic N) is 4. The first kappa shape index (κ1) is 34.2. The van der Waals surface area contributed by atoms with E-state index in [1.54, 1.807) is 16.8 Å². The van der Waals surface area contributed by atoms with Gasteiger partial charge in [0.25, 0.3) is 0 Å². The van der Waals surface area contributed by atoms with Crippen LogP contribution in [0.15, 0.2) is 0 Å². The molecule has 5 amide bonds. The molecule has 4 saturated heterocycles. The van der Waals surface area contributed by atoms with Crippen LogP contribution in [0.2, 0.25) is 0 Å². The minimum atomic E-state index is -0.811. The van der Waals surface area contributed by atoms with E-state index in [1.165, 1.54) is 19.3 Å². The number of rotatable bonds is 9. The summed E-state index contributed by atoms with van der Waals surface area (Å²) >= 11 is 0. The van der Waals surface area contributed by atoms with E-state index in [4.69, 9.17) is 4.74 Å². The predicted octanol–water partition coefficient (Wildman–Crippen LogP) is 2.67. The highest BCUT2D eigenvalue weighted by atomic mass is 16.5. The molecule has 47 heavy (non-hydrogen) atoms. The van der Waals surface area contributed by atoms with E-state index in [0.29, 0.717) is 64.6 Å². The summed E-state index contributed by atoms with van der Waals surface area (Å²) in [6, 6.07) is -0.811. The number of hydrogen-bond donors (Lipinski definition) is 1. The summed E-state index contributed by atoms with van der Waals surface area (Å²) in [5.74, 6) is -0.536. The SMILES string of the molecule is C[C@@H](OCC1CCCCC1)[C@H](NC(=O)C1CN(C(=O)C2CCC(=O)N(C)C2)CC12CN(C(=O)[C@H]1CC1(C)C)C2)C(=O)N1CCCCC1. The lowest BCUT2D eigenvalue weighted by Crippen LogP contribution is -2.65. The van der Waals surface area contributed by atoms with Gasteiger partial charge in [-0.25, -0.2) is 0 Å². The molecule has 1 N–H and O–H groups in total. The third kappa shape index (κ3) is 7.20. The van der Waals surface area contributed by atoms with E-state index in [-0.39, 0.29) is 53.3 Å². The predicted molar refractivity (Wildman–Crippen MR) is 176 cm³/mol. The molecule has 0 aromatic rings. The van der Waals surface area contributed by atoms with Gasteiger partial charge in [0.05, 0.1) is 17.9 Å². The van der Waals surface area contributed by atoms with Crippen LogP contribution in [-0.4, -0.2) is 121 Å². The average molecular weight is 656 g/mol. The Hall–Kier alpha value is -2.69. The number of carbonyl (C=O) groups is 5. The number of hydrogen-bond acceptors (Lipinski definition) is 6. The van der Waals surface area contributed by atoms with Gasteiger partial charge in [-0.1, -0.05) is 33.1 Å². The van der Waals surface area contributed by atoms with Gasteiger partial charge in [-0.3, -0.25) is 24.0 Å². The van der Waals surface area contributed by atoms with Gasteiger partial charge in [-0.2, -0.15) is 0 Å². The quantitative estimate of drug-likeness (QED) is 0.408. The summed E-state index contributed by atoms with van der Waals surface area (Å²) in [5, 5.41) is 3.16. The smallest absolute Gasteiger partial charge is 0.247 e. The monoisotopic (exact) mass is 655 g/mol. The van der Waals surface area contributed by atoms with Crippen LogP contribution in [0.1, 0.15) is 91.4 Å². The van der Waals surface area contributed by atoms with Crippen molar-refractivity contribution in [3.63, 3.8) is 0 Å². The molecule has 2 saturated carbocycles. The lowest BCUT2D eigenvalue weighted by Gasteiger charge is -2.50. The van der Waals surface area contributed by atoms with Crippen molar-refractivity contribution in [3.8, 4) is 0 Å². The van der Waals surface area contributed by atoms with E-state index >= 15 is 0 Å². The number of ether oxygens (including phenoxy) is 1. The number of carbonyl (C=O) groups excluding carboxylic acids is 5. The van der Waals surface area contributed by atoms with E-state index in [9.17, 15) is 24.0 Å². The number of nitrogens with one attached hydrogen (secondary N) is 1. The number of amides is 5. The van der Waals surface area contributed by atoms with Crippen molar-refractivity contribution in [2.24, 2.45) is 34.5 Å². The third-order valence-corrected chi connectivity index (χ3v) is 12.4. The lowest BCUT2D eigenvalue weighted by molar-refractivity contribution is -0.153. The molecule has 6 fully saturated rings. The van der Waals surface area contributed by atoms with E-state index in [1.807, 2.05) is 16.7 Å². The highest BCUT2D eigenvalue weighted by molar-refractivity contribution is 5.91. The summed E-state index contributed by atoms with van der Waals surface area (Å²) < 4.78 is 6.36. The molecule has 0 aromatic carbocycles. The van der Waals surface area contributed by atoms with E-state index in [2.05, 4.69) is 19.2 Å². The van der Waals surface area contributed by atoms with Crippen molar-refractivity contribution in [3.05, 3.63) is 0 Å². The zero-order chi connectivity index (χ0) is 33.5. The maximum Gasteiger partial charge on any atom is 0.247 e. The van der Waals surface area contributed by atoms with Gasteiger partial charge in [0.1, 0.15) is 6.04 Å². The standard InChI is InChI=1S/C36H57N5O6/c1-24(47-20-25-11-7-5-8-12-25)30(34(46)39-15-9-6-10-16-39)37-31(43)28-19-40(32(44)26-13-14-29(42)38(4)18-26)21-36(28)22-41(23-36)33(45)27-17-35(27,2)3/h24-28,30H,5-23H2,1-4H3,(H,37,43)/t24-,26?,27-,28?,30+/m1/s1. The van der Waals surface area contributed by atoms with Gasteiger partial charge >= 0.3 is 0 Å². The molecule has 0 aromatic heterocycles. The summed E-state index contributed by atoms with van der Waals surface area (Å²) in [4.78, 5) is 74.8. The number of likely N-dealkylation sites (tertiary alicyclic amines) is 4. The highest BCUT2D eigenvalue weighted by Gasteiger charge is 2.62. The second-order valence-corrected chi connectivity index (χ2v) is 16.5. The number of piperidine rings is 2. The van der Waals surface area contributed by atoms with Gasteiger partial charge in [-0.15, -0.1) is 0 Å². The van der Waals surface area contributed by atoms with Crippen LogP contribution in [0.4, 0.5) is 0 Å². The zero-order valence-corrected chi connectivity index (χ0v) is 29.1. The molecule has 2 aliphatic carbocycles. The molecule has 4 heterocycles. The van der Waals surface area contributed by atoms with E-state index in [0.717, 1.165) is 38.5 Å². The minimum Gasteiger partial charge on any atom is -0.376 e. The van der Waals surface area contributed by atoms with Gasteiger partial charge < -0.3 is 29.7 Å². The van der Waals surface area contributed by atoms with Gasteiger partial charge in [0.2, 0.25) is 29.5 Å². The Balaban J connectivity index is 1.18. The molecule has 6 aliphatic rings. The summed E-state index contributed by atoms with van der Waals surface area (Å²) in [5.41, 5.74) is -0.551. The van der Waals surface area contributed by atoms with Crippen LogP contribution in [0.3, 0.4) is 0 Å². The Labute approximate surface area is 280 Å². The largest absolute Gasteiger partial charge is 0.376 e. The van der Waals surface area contributed by atoms with Crippen LogP contribution >= 0.6 is 0 Å². The molecular formula is C36H57N5O6. The fraction of sp³-hybridized carbons (Fsp3) is 0.861.